The monoisotopic (exact) mass is 573 g/mol. The molecular weight excluding hydrogens is 518 g/mol. The van der Waals surface area contributed by atoms with Crippen molar-refractivity contribution in [3.05, 3.63) is 132 Å². The van der Waals surface area contributed by atoms with Crippen LogP contribution in [0.5, 0.6) is 0 Å². The molecule has 0 aromatic heterocycles. The Morgan fingerprint density at radius 3 is 2.56 bits per heavy atom. The molecule has 0 N–H and O–H groups in total. The van der Waals surface area contributed by atoms with Gasteiger partial charge in [-0.25, -0.2) is 0 Å². The van der Waals surface area contributed by atoms with Gasteiger partial charge in [-0.15, -0.1) is 13.0 Å². The molecule has 0 bridgehead atoms. The molecule has 43 heavy (non-hydrogen) atoms. The average molecular weight is 574 g/mol. The molecular formula is C42H55N. The topological polar surface area (TPSA) is 12.4 Å². The van der Waals surface area contributed by atoms with Gasteiger partial charge in [0.05, 0.1) is 17.2 Å². The lowest BCUT2D eigenvalue weighted by Crippen LogP contribution is -2.32. The first-order valence-electron chi connectivity index (χ1n) is 16.1. The summed E-state index contributed by atoms with van der Waals surface area (Å²) in [5.41, 5.74) is 9.67. The van der Waals surface area contributed by atoms with Gasteiger partial charge in [0.15, 0.2) is 0 Å². The Morgan fingerprint density at radius 2 is 1.98 bits per heavy atom. The van der Waals surface area contributed by atoms with Crippen molar-refractivity contribution in [2.24, 2.45) is 16.8 Å². The number of nitrogens with zero attached hydrogens (tertiary/aromatic N) is 1. The summed E-state index contributed by atoms with van der Waals surface area (Å²) in [6.45, 7) is 25.2. The van der Waals surface area contributed by atoms with Gasteiger partial charge < -0.3 is 0 Å². The first-order valence-corrected chi connectivity index (χ1v) is 16.1. The van der Waals surface area contributed by atoms with E-state index < -0.39 is 5.54 Å². The van der Waals surface area contributed by atoms with Crippen molar-refractivity contribution in [1.29, 1.82) is 0 Å². The van der Waals surface area contributed by atoms with E-state index in [1.54, 1.807) is 0 Å². The second kappa shape index (κ2) is 18.1. The Morgan fingerprint density at radius 1 is 1.21 bits per heavy atom. The zero-order chi connectivity index (χ0) is 31.8. The lowest BCUT2D eigenvalue weighted by molar-refractivity contribution is 0.410. The number of unbranched alkanes of at least 4 members (excludes halogenated alkanes) is 1. The van der Waals surface area contributed by atoms with Gasteiger partial charge in [0.1, 0.15) is 0 Å². The predicted molar refractivity (Wildman–Crippen MR) is 193 cm³/mol. The van der Waals surface area contributed by atoms with Crippen molar-refractivity contribution in [1.82, 2.24) is 0 Å². The number of terminal acetylenes is 1. The van der Waals surface area contributed by atoms with Gasteiger partial charge in [-0.2, -0.15) is 0 Å². The number of hydrogen-bond acceptors (Lipinski definition) is 1. The van der Waals surface area contributed by atoms with Gasteiger partial charge >= 0.3 is 0 Å². The van der Waals surface area contributed by atoms with Crippen LogP contribution in [0.1, 0.15) is 92.9 Å². The smallest absolute Gasteiger partial charge is 0.0796 e. The predicted octanol–water partition coefficient (Wildman–Crippen LogP) is 11.9. The molecule has 3 unspecified atom stereocenters. The van der Waals surface area contributed by atoms with Crippen LogP contribution in [0.15, 0.2) is 137 Å². The van der Waals surface area contributed by atoms with E-state index in [0.29, 0.717) is 5.92 Å². The summed E-state index contributed by atoms with van der Waals surface area (Å²) < 4.78 is 0. The fraction of sp³-hybridized carbons (Fsp3) is 0.405. The van der Waals surface area contributed by atoms with Gasteiger partial charge in [0.2, 0.25) is 0 Å². The van der Waals surface area contributed by atoms with Crippen LogP contribution in [0, 0.1) is 24.2 Å². The van der Waals surface area contributed by atoms with E-state index in [2.05, 4.69) is 116 Å². The van der Waals surface area contributed by atoms with E-state index in [1.165, 1.54) is 39.0 Å². The zero-order valence-electron chi connectivity index (χ0n) is 27.9. The van der Waals surface area contributed by atoms with Crippen molar-refractivity contribution < 1.29 is 0 Å². The Bertz CT molecular complexity index is 1330. The van der Waals surface area contributed by atoms with Crippen LogP contribution >= 0.6 is 0 Å². The molecule has 0 spiro atoms. The molecule has 1 aliphatic carbocycles. The molecule has 1 aliphatic heterocycles. The first-order chi connectivity index (χ1) is 20.7. The lowest BCUT2D eigenvalue weighted by atomic mass is 9.78. The number of hydrogen-bond donors (Lipinski definition) is 0. The van der Waals surface area contributed by atoms with Gasteiger partial charge in [-0.3, -0.25) is 4.99 Å². The summed E-state index contributed by atoms with van der Waals surface area (Å²) in [5, 5.41) is 0. The van der Waals surface area contributed by atoms with E-state index in [1.807, 2.05) is 24.3 Å². The molecule has 0 aromatic rings. The molecule has 2 aliphatic rings. The maximum atomic E-state index is 6.44. The lowest BCUT2D eigenvalue weighted by Gasteiger charge is -2.31. The van der Waals surface area contributed by atoms with Crippen LogP contribution in [0.2, 0.25) is 0 Å². The van der Waals surface area contributed by atoms with Crippen LogP contribution in [0.3, 0.4) is 0 Å². The van der Waals surface area contributed by atoms with E-state index >= 15 is 0 Å². The minimum Gasteiger partial charge on any atom is -0.276 e. The summed E-state index contributed by atoms with van der Waals surface area (Å²) >= 11 is 0. The molecule has 1 nitrogen and oxygen atoms in total. The molecule has 0 radical (unpaired) electrons. The van der Waals surface area contributed by atoms with Crippen LogP contribution in [-0.4, -0.2) is 11.3 Å². The third-order valence-electron chi connectivity index (χ3n) is 8.67. The second-order valence-electron chi connectivity index (χ2n) is 12.1. The third-order valence-corrected chi connectivity index (χ3v) is 8.67. The Labute approximate surface area is 264 Å². The van der Waals surface area contributed by atoms with Crippen LogP contribution in [0.25, 0.3) is 0 Å². The largest absolute Gasteiger partial charge is 0.276 e. The number of allylic oxidation sites excluding steroid dienone is 17. The molecule has 0 saturated carbocycles. The minimum absolute atomic E-state index is 0.161. The minimum atomic E-state index is -0.480. The molecule has 0 aromatic carbocycles. The molecule has 0 amide bonds. The Hall–Kier alpha value is -3.63. The summed E-state index contributed by atoms with van der Waals surface area (Å²) in [7, 11) is 0. The van der Waals surface area contributed by atoms with Gasteiger partial charge in [-0.05, 0) is 106 Å². The molecule has 0 fully saturated rings. The number of rotatable bonds is 15. The molecule has 0 saturated heterocycles. The average Bonchev–Trinajstić information content (AvgIpc) is 3.50. The van der Waals surface area contributed by atoms with Crippen LogP contribution in [0.4, 0.5) is 0 Å². The van der Waals surface area contributed by atoms with Crippen molar-refractivity contribution in [2.75, 3.05) is 0 Å². The van der Waals surface area contributed by atoms with E-state index in [0.717, 1.165) is 57.1 Å². The maximum Gasteiger partial charge on any atom is 0.0796 e. The zero-order valence-corrected chi connectivity index (χ0v) is 27.9. The van der Waals surface area contributed by atoms with Gasteiger partial charge in [0, 0.05) is 0 Å². The maximum absolute atomic E-state index is 6.44. The van der Waals surface area contributed by atoms with E-state index in [-0.39, 0.29) is 5.92 Å². The third kappa shape index (κ3) is 10.2. The summed E-state index contributed by atoms with van der Waals surface area (Å²) in [4.78, 5) is 5.59. The van der Waals surface area contributed by atoms with Gasteiger partial charge in [-0.1, -0.05) is 123 Å². The Kier molecular flexibility index (Phi) is 15.0. The van der Waals surface area contributed by atoms with Gasteiger partial charge in [0.25, 0.3) is 0 Å². The molecule has 1 heterocycles. The van der Waals surface area contributed by atoms with Crippen LogP contribution < -0.4 is 0 Å². The highest BCUT2D eigenvalue weighted by Crippen LogP contribution is 2.40. The normalized spacial score (nSPS) is 23.4. The fourth-order valence-corrected chi connectivity index (χ4v) is 5.89. The highest BCUT2D eigenvalue weighted by Gasteiger charge is 2.36. The SMILES string of the molecule is C#CC(/C=C(CCCC)/C(C)=C(/C=C(\C)C=C)C(C)CCC=C)C1(C)C/C(=C/C)C/C(=C\C=C/C=C)C(C2=CC=CC2)=N1. The van der Waals surface area contributed by atoms with Crippen molar-refractivity contribution in [3.63, 3.8) is 0 Å². The number of aliphatic imine (C=N–C) groups is 1. The summed E-state index contributed by atoms with van der Waals surface area (Å²) in [6.07, 6.45) is 39.8. The Balaban J connectivity index is 2.82. The molecule has 3 atom stereocenters. The first kappa shape index (κ1) is 35.6. The van der Waals surface area contributed by atoms with Crippen molar-refractivity contribution in [2.45, 2.75) is 98.4 Å². The molecule has 2 rings (SSSR count). The fourth-order valence-electron chi connectivity index (χ4n) is 5.89. The van der Waals surface area contributed by atoms with E-state index in [4.69, 9.17) is 11.4 Å². The summed E-state index contributed by atoms with van der Waals surface area (Å²) in [6, 6.07) is 0. The molecule has 228 valence electrons. The van der Waals surface area contributed by atoms with Crippen molar-refractivity contribution in [3.8, 4) is 12.3 Å². The van der Waals surface area contributed by atoms with E-state index in [9.17, 15) is 0 Å². The standard InChI is InChI=1S/C42H55N/c1-11-17-20-27-38-29-35(15-5)31-42(10,43-41(38)36-25-21-22-26-36)39(16-6)30-37(24-19-13-3)34(9)40(28-32(7)14-4)33(8)23-18-12-2/h6,11-12,14-15,17,20-22,25,27-28,30,33,39H,1-2,4,13,18-19,23-24,26,29,31H2,3,5,7-10H3/b20-17-,32-28+,35-15+,37-30+,38-27+,40-34-. The quantitative estimate of drug-likeness (QED) is 0.105. The van der Waals surface area contributed by atoms with Crippen molar-refractivity contribution >= 4 is 5.71 Å². The second-order valence-corrected chi connectivity index (χ2v) is 12.1. The highest BCUT2D eigenvalue weighted by molar-refractivity contribution is 6.14. The molecule has 1 heteroatoms. The summed E-state index contributed by atoms with van der Waals surface area (Å²) in [5.74, 6) is 3.45. The van der Waals surface area contributed by atoms with Crippen LogP contribution in [-0.2, 0) is 0 Å². The highest BCUT2D eigenvalue weighted by atomic mass is 14.9.